The Bertz CT molecular complexity index is 1200. The molecule has 3 N–H and O–H groups in total. The quantitative estimate of drug-likeness (QED) is 0.268. The highest BCUT2D eigenvalue weighted by molar-refractivity contribution is 7.89. The van der Waals surface area contributed by atoms with E-state index in [2.05, 4.69) is 15.6 Å². The summed E-state index contributed by atoms with van der Waals surface area (Å²) in [6.07, 6.45) is 2.69. The van der Waals surface area contributed by atoms with Gasteiger partial charge in [-0.15, -0.1) is 0 Å². The number of carbonyl (C=O) groups is 2. The van der Waals surface area contributed by atoms with Gasteiger partial charge in [0.1, 0.15) is 11.6 Å². The lowest BCUT2D eigenvalue weighted by Crippen LogP contribution is -2.49. The number of carbonyl (C=O) groups excluding carboxylic acids is 2. The molecule has 2 aromatic rings. The maximum Gasteiger partial charge on any atom is 0.408 e. The van der Waals surface area contributed by atoms with E-state index in [1.165, 1.54) is 4.31 Å². The van der Waals surface area contributed by atoms with Gasteiger partial charge >= 0.3 is 6.09 Å². The molecule has 1 aromatic carbocycles. The first kappa shape index (κ1) is 34.2. The predicted octanol–water partition coefficient (Wildman–Crippen LogP) is 3.82. The summed E-state index contributed by atoms with van der Waals surface area (Å²) in [5.41, 5.74) is 0.897. The van der Waals surface area contributed by atoms with Crippen LogP contribution in [0.25, 0.3) is 0 Å². The molecule has 41 heavy (non-hydrogen) atoms. The third kappa shape index (κ3) is 11.8. The average Bonchev–Trinajstić information content (AvgIpc) is 2.89. The van der Waals surface area contributed by atoms with E-state index in [0.29, 0.717) is 31.5 Å². The molecule has 0 spiro atoms. The van der Waals surface area contributed by atoms with Crippen molar-refractivity contribution in [2.45, 2.75) is 89.8 Å². The van der Waals surface area contributed by atoms with Gasteiger partial charge in [-0.2, -0.15) is 4.31 Å². The fraction of sp³-hybridized carbons (Fsp3) is 0.567. The van der Waals surface area contributed by atoms with E-state index in [1.54, 1.807) is 63.4 Å². The van der Waals surface area contributed by atoms with Crippen LogP contribution in [0, 0.1) is 12.8 Å². The molecule has 0 fully saturated rings. The first-order valence-electron chi connectivity index (χ1n) is 14.1. The van der Waals surface area contributed by atoms with E-state index in [1.807, 2.05) is 26.8 Å². The number of aryl methyl sites for hydroxylation is 1. The van der Waals surface area contributed by atoms with Gasteiger partial charge in [0.15, 0.2) is 0 Å². The minimum atomic E-state index is -3.80. The Kier molecular flexibility index (Phi) is 13.2. The first-order chi connectivity index (χ1) is 19.2. The summed E-state index contributed by atoms with van der Waals surface area (Å²) < 4.78 is 33.7. The molecule has 2 rings (SSSR count). The molecule has 0 radical (unpaired) electrons. The zero-order valence-corrected chi connectivity index (χ0v) is 25.9. The maximum absolute atomic E-state index is 13.5. The Morgan fingerprint density at radius 3 is 2.32 bits per heavy atom. The SMILES string of the molecule is Cc1ccc(S(=O)(=O)N(CC(C)C)[C@H](CO)CCCCNC(=O)[C@H](Cc2ccccn2)NC(=O)OC(C)(C)C)cc1. The lowest BCUT2D eigenvalue weighted by molar-refractivity contribution is -0.123. The van der Waals surface area contributed by atoms with Gasteiger partial charge in [0, 0.05) is 37.4 Å². The first-order valence-corrected chi connectivity index (χ1v) is 15.5. The summed E-state index contributed by atoms with van der Waals surface area (Å²) in [5, 5.41) is 15.6. The van der Waals surface area contributed by atoms with Crippen LogP contribution in [0.1, 0.15) is 65.1 Å². The van der Waals surface area contributed by atoms with Crippen LogP contribution in [0.5, 0.6) is 0 Å². The molecule has 1 aromatic heterocycles. The van der Waals surface area contributed by atoms with Gasteiger partial charge in [0.2, 0.25) is 15.9 Å². The van der Waals surface area contributed by atoms with Crippen LogP contribution in [-0.4, -0.2) is 72.2 Å². The van der Waals surface area contributed by atoms with Crippen molar-refractivity contribution in [3.05, 3.63) is 59.9 Å². The van der Waals surface area contributed by atoms with Crippen LogP contribution >= 0.6 is 0 Å². The molecular weight excluding hydrogens is 544 g/mol. The third-order valence-corrected chi connectivity index (χ3v) is 8.13. The molecule has 0 aliphatic carbocycles. The molecule has 0 saturated carbocycles. The zero-order chi connectivity index (χ0) is 30.6. The van der Waals surface area contributed by atoms with Crippen molar-refractivity contribution < 1.29 is 27.9 Å². The molecule has 11 heteroatoms. The summed E-state index contributed by atoms with van der Waals surface area (Å²) >= 11 is 0. The number of alkyl carbamates (subject to hydrolysis) is 1. The van der Waals surface area contributed by atoms with Crippen LogP contribution in [0.4, 0.5) is 4.79 Å². The van der Waals surface area contributed by atoms with E-state index in [4.69, 9.17) is 4.74 Å². The summed E-state index contributed by atoms with van der Waals surface area (Å²) in [7, 11) is -3.80. The summed E-state index contributed by atoms with van der Waals surface area (Å²) in [6, 6.07) is 10.6. The average molecular weight is 591 g/mol. The highest BCUT2D eigenvalue weighted by atomic mass is 32.2. The molecule has 0 bridgehead atoms. The van der Waals surface area contributed by atoms with E-state index in [9.17, 15) is 23.1 Å². The fourth-order valence-corrected chi connectivity index (χ4v) is 6.01. The number of ether oxygens (including phenoxy) is 1. The molecule has 0 saturated heterocycles. The van der Waals surface area contributed by atoms with Gasteiger partial charge in [0.25, 0.3) is 0 Å². The Balaban J connectivity index is 2.00. The predicted molar refractivity (Wildman–Crippen MR) is 159 cm³/mol. The van der Waals surface area contributed by atoms with Gasteiger partial charge in [-0.1, -0.05) is 44.0 Å². The number of nitrogens with one attached hydrogen (secondary N) is 2. The van der Waals surface area contributed by atoms with Crippen molar-refractivity contribution in [1.29, 1.82) is 0 Å². The Morgan fingerprint density at radius 1 is 1.07 bits per heavy atom. The second-order valence-corrected chi connectivity index (χ2v) is 13.5. The molecule has 1 heterocycles. The van der Waals surface area contributed by atoms with Crippen molar-refractivity contribution in [3.63, 3.8) is 0 Å². The van der Waals surface area contributed by atoms with E-state index >= 15 is 0 Å². The molecule has 0 aliphatic rings. The molecular formula is C30H46N4O6S. The molecule has 10 nitrogen and oxygen atoms in total. The number of rotatable bonds is 15. The standard InChI is InChI=1S/C30H46N4O6S/c1-22(2)20-34(41(38,39)26-15-13-23(3)14-16-26)25(21-35)12-8-10-18-32-28(36)27(19-24-11-7-9-17-31-24)33-29(37)40-30(4,5)6/h7,9,11,13-17,22,25,27,35H,8,10,12,18-21H2,1-6H3,(H,32,36)(H,33,37)/t25-,27-/m0/s1. The van der Waals surface area contributed by atoms with Crippen molar-refractivity contribution in [3.8, 4) is 0 Å². The summed E-state index contributed by atoms with van der Waals surface area (Å²) in [4.78, 5) is 29.8. The number of nitrogens with zero attached hydrogens (tertiary/aromatic N) is 2. The second kappa shape index (κ2) is 15.8. The van der Waals surface area contributed by atoms with Crippen molar-refractivity contribution in [1.82, 2.24) is 19.9 Å². The lowest BCUT2D eigenvalue weighted by Gasteiger charge is -2.31. The Morgan fingerprint density at radius 2 is 1.76 bits per heavy atom. The molecule has 2 atom stereocenters. The summed E-state index contributed by atoms with van der Waals surface area (Å²) in [6.45, 7) is 11.3. The molecule has 2 amide bonds. The lowest BCUT2D eigenvalue weighted by atomic mass is 10.1. The van der Waals surface area contributed by atoms with E-state index < -0.39 is 33.8 Å². The fourth-order valence-electron chi connectivity index (χ4n) is 4.20. The number of pyridine rings is 1. The number of hydrogen-bond acceptors (Lipinski definition) is 7. The number of unbranched alkanes of at least 4 members (excludes halogenated alkanes) is 1. The van der Waals surface area contributed by atoms with Gasteiger partial charge in [0.05, 0.1) is 11.5 Å². The van der Waals surface area contributed by atoms with E-state index in [0.717, 1.165) is 5.56 Å². The number of aromatic nitrogens is 1. The van der Waals surface area contributed by atoms with Gasteiger partial charge in [-0.25, -0.2) is 13.2 Å². The van der Waals surface area contributed by atoms with Gasteiger partial charge in [-0.05, 0) is 70.7 Å². The molecule has 228 valence electrons. The maximum atomic E-state index is 13.5. The minimum absolute atomic E-state index is 0.0667. The van der Waals surface area contributed by atoms with Crippen LogP contribution in [0.3, 0.4) is 0 Å². The number of sulfonamides is 1. The molecule has 0 unspecified atom stereocenters. The monoisotopic (exact) mass is 590 g/mol. The normalized spacial score (nSPS) is 13.6. The number of benzene rings is 1. The zero-order valence-electron chi connectivity index (χ0n) is 25.1. The van der Waals surface area contributed by atoms with Crippen LogP contribution in [0.2, 0.25) is 0 Å². The van der Waals surface area contributed by atoms with Crippen LogP contribution in [0.15, 0.2) is 53.6 Å². The third-order valence-electron chi connectivity index (χ3n) is 6.20. The Hall–Kier alpha value is -3.02. The van der Waals surface area contributed by atoms with Crippen LogP contribution < -0.4 is 10.6 Å². The number of aliphatic hydroxyl groups is 1. The summed E-state index contributed by atoms with van der Waals surface area (Å²) in [5.74, 6) is -0.305. The highest BCUT2D eigenvalue weighted by Crippen LogP contribution is 2.23. The second-order valence-electron chi connectivity index (χ2n) is 11.6. The van der Waals surface area contributed by atoms with E-state index in [-0.39, 0.29) is 36.3 Å². The smallest absolute Gasteiger partial charge is 0.408 e. The minimum Gasteiger partial charge on any atom is -0.444 e. The van der Waals surface area contributed by atoms with Crippen molar-refractivity contribution >= 4 is 22.0 Å². The van der Waals surface area contributed by atoms with Crippen LogP contribution in [-0.2, 0) is 26.0 Å². The number of hydrogen-bond donors (Lipinski definition) is 3. The van der Waals surface area contributed by atoms with Crippen molar-refractivity contribution in [2.24, 2.45) is 5.92 Å². The van der Waals surface area contributed by atoms with Gasteiger partial charge < -0.3 is 20.5 Å². The number of aliphatic hydroxyl groups excluding tert-OH is 1. The highest BCUT2D eigenvalue weighted by Gasteiger charge is 2.31. The number of amides is 2. The topological polar surface area (TPSA) is 138 Å². The van der Waals surface area contributed by atoms with Crippen molar-refractivity contribution in [2.75, 3.05) is 19.7 Å². The molecule has 0 aliphatic heterocycles. The largest absolute Gasteiger partial charge is 0.444 e. The van der Waals surface area contributed by atoms with Gasteiger partial charge in [-0.3, -0.25) is 9.78 Å². The Labute approximate surface area is 244 Å².